The van der Waals surface area contributed by atoms with Gasteiger partial charge in [-0.05, 0) is 184 Å². The number of H-pyrrole nitrogens is 6. The Morgan fingerprint density at radius 3 is 0.833 bits per heavy atom. The maximum absolute atomic E-state index is 13.7. The second-order valence-electron chi connectivity index (χ2n) is 38.0. The predicted octanol–water partition coefficient (Wildman–Crippen LogP) is 24.3. The topological polar surface area (TPSA) is 450 Å². The second kappa shape index (κ2) is 44.0. The van der Waals surface area contributed by atoms with E-state index in [1.807, 2.05) is 71.0 Å². The third-order valence-electron chi connectivity index (χ3n) is 26.9. The van der Waals surface area contributed by atoms with Gasteiger partial charge in [0.25, 0.3) is 0 Å². The van der Waals surface area contributed by atoms with Gasteiger partial charge in [-0.2, -0.15) is 30.6 Å². The molecule has 25 rings (SSSR count). The number of aromatic amines is 6. The Labute approximate surface area is 830 Å². The lowest BCUT2D eigenvalue weighted by Gasteiger charge is -2.29. The summed E-state index contributed by atoms with van der Waals surface area (Å²) in [7, 11) is 0. The number of pyridine rings is 3. The minimum atomic E-state index is -0.396. The Morgan fingerprint density at radius 1 is 0.271 bits per heavy atom. The van der Waals surface area contributed by atoms with Crippen molar-refractivity contribution in [3.8, 4) is 0 Å². The van der Waals surface area contributed by atoms with E-state index in [4.69, 9.17) is 19.7 Å². The first-order valence-electron chi connectivity index (χ1n) is 49.7. The van der Waals surface area contributed by atoms with Crippen molar-refractivity contribution in [3.63, 3.8) is 0 Å². The maximum atomic E-state index is 13.7. The fraction of sp³-hybridized carbons (Fsp3) is 0.388. The number of morpholine rings is 1. The number of fused-ring (bicyclic) bond motifs is 6. The average Bonchev–Trinajstić information content (AvgIpc) is 1.77. The molecule has 6 aliphatic carbocycles. The summed E-state index contributed by atoms with van der Waals surface area (Å²) in [6, 6.07) is 29.2. The molecule has 6 saturated carbocycles. The normalized spacial score (nSPS) is 16.0. The molecule has 0 atom stereocenters. The van der Waals surface area contributed by atoms with Gasteiger partial charge in [-0.3, -0.25) is 30.6 Å². The monoisotopic (exact) mass is 1960 g/mol. The lowest BCUT2D eigenvalue weighted by atomic mass is 9.85. The van der Waals surface area contributed by atoms with Crippen LogP contribution in [-0.2, 0) is 4.74 Å². The number of nitrogens with one attached hydrogen (secondary N) is 12. The van der Waals surface area contributed by atoms with Gasteiger partial charge in [0.2, 0.25) is 0 Å². The van der Waals surface area contributed by atoms with E-state index in [0.29, 0.717) is 168 Å². The minimum absolute atomic E-state index is 0. The molecule has 1 aliphatic heterocycles. The van der Waals surface area contributed by atoms with Gasteiger partial charge in [0.15, 0.2) is 34.4 Å². The second-order valence-corrected chi connectivity index (χ2v) is 38.0. The first-order valence-corrected chi connectivity index (χ1v) is 49.7. The highest BCUT2D eigenvalue weighted by Gasteiger charge is 2.31. The number of hydrogen-bond donors (Lipinski definition) is 12. The zero-order valence-electron chi connectivity index (χ0n) is 80.6. The largest absolute Gasteiger partial charge is 0.378 e. The van der Waals surface area contributed by atoms with Crippen LogP contribution in [0, 0.1) is 69.5 Å². The molecule has 16 heterocycles. The SMILES string of the molecule is Cc1cc(Nc2[nH]nc3ncc(F)cc23)nc(C2CCCC2)n1.Cc1cc(Nc2[nH]nc3ncc(F)cc23)nc(C2CCCCC2)n1.Cc1cc(Nc2[nH]nc3ncc(F)cc23)nc(C2CCCCCC2)n1.Cc1cc(Nc2n[nH]c3ccc(F)cc23)nc(C2CC2)n1.Cc1cc(Nc2n[nH]c3ccc(F)cc23)nc(C2CCC2)n1.Fc1ccc2[nH]nc(Nc3cc(N4CCOCC4)nc(C4CCCCC4)n3)c2c1.[HH].[HH].[HH].[HH]. The Bertz CT molecular complexity index is 7520. The van der Waals surface area contributed by atoms with Gasteiger partial charge in [-0.25, -0.2) is 101 Å². The quantitative estimate of drug-likeness (QED) is 0.0264. The summed E-state index contributed by atoms with van der Waals surface area (Å²) in [5.41, 5.74) is 8.35. The van der Waals surface area contributed by atoms with Crippen LogP contribution >= 0.6 is 0 Å². The Balaban J connectivity index is 0.000000126. The van der Waals surface area contributed by atoms with E-state index in [9.17, 15) is 26.3 Å². The third kappa shape index (κ3) is 23.8. The van der Waals surface area contributed by atoms with Crippen LogP contribution < -0.4 is 36.8 Å². The third-order valence-corrected chi connectivity index (χ3v) is 26.9. The van der Waals surface area contributed by atoms with E-state index in [1.54, 1.807) is 18.2 Å². The van der Waals surface area contributed by atoms with Crippen molar-refractivity contribution in [2.24, 2.45) is 0 Å². The van der Waals surface area contributed by atoms with Crippen LogP contribution in [0.3, 0.4) is 0 Å². The van der Waals surface area contributed by atoms with Crippen molar-refractivity contribution in [2.75, 3.05) is 63.1 Å². The van der Waals surface area contributed by atoms with Crippen LogP contribution in [0.25, 0.3) is 65.8 Å². The number of nitrogens with zero attached hydrogens (tertiary/aromatic N) is 22. The number of ether oxygens (including phenoxy) is 1. The molecule has 15 aromatic heterocycles. The summed E-state index contributed by atoms with van der Waals surface area (Å²) in [5, 5.41) is 65.4. The van der Waals surface area contributed by atoms with Crippen molar-refractivity contribution >= 4 is 141 Å². The standard InChI is InChI=1S/C21H25FN6O.C18H21FN6.C17H19FN6.C16H17FN6.C16H16FN5.C15H14FN5.4H2/c22-15-6-7-17-16(12-15)21(27-26-17)24-18-13-19(28-8-10-29-11-9-28)25-20(23-18)14-4-2-1-3-5-14;1-11-8-15(22-16(21-11)12-6-4-2-3-5-7-12)23-18-14-9-13(19)10-20-17(14)24-25-18;1-10-7-14(21-15(20-10)11-5-3-2-4-6-11)22-17-13-8-12(18)9-19-16(13)23-24-17;1-9-6-13(20-14(19-9)10-4-2-3-5-10)21-16-12-7-11(17)8-18-15(12)22-23-16;1-9-7-14(19-15(18-9)10-3-2-4-10)20-16-12-8-11(17)5-6-13(12)21-22-16;1-8-6-13(18-14(17-8)9-2-3-9)19-15-11-7-10(16)4-5-12(11)20-21-15;;;;/h6-7,12-14H,1-5,8-11H2,(H2,23,24,25,26,27);8-10,12H,2-7H2,1H3,(H2,20,21,22,23,24,25);7-9,11H,2-6H2,1H3,(H2,19,20,21,22,23,24);6-8,10H,2-5H2,1H3,(H2,18,19,20,21,22,23);5-8,10H,2-4H2,1H3,(H2,18,19,20,21,22);4-7,9H,2-3H2,1H3,(H2,17,18,19,20,21);4*1H. The van der Waals surface area contributed by atoms with Gasteiger partial charge in [0.05, 0.1) is 64.5 Å². The molecule has 0 amide bonds. The highest BCUT2D eigenvalue weighted by Crippen LogP contribution is 2.43. The molecule has 35 nitrogen and oxygen atoms in total. The molecular formula is C103H120F6N34O. The van der Waals surface area contributed by atoms with Crippen LogP contribution in [0.1, 0.15) is 265 Å². The number of aromatic nitrogens is 27. The van der Waals surface area contributed by atoms with Gasteiger partial charge in [-0.15, -0.1) is 0 Å². The van der Waals surface area contributed by atoms with E-state index in [-0.39, 0.29) is 23.2 Å². The molecule has 3 aromatic carbocycles. The predicted molar refractivity (Wildman–Crippen MR) is 549 cm³/mol. The van der Waals surface area contributed by atoms with Gasteiger partial charge >= 0.3 is 0 Å². The number of aryl methyl sites for hydroxylation is 5. The number of hydrogen-bond acceptors (Lipinski definition) is 29. The van der Waals surface area contributed by atoms with Gasteiger partial charge < -0.3 is 41.5 Å². The molecule has 0 radical (unpaired) electrons. The summed E-state index contributed by atoms with van der Waals surface area (Å²) < 4.78 is 86.4. The molecule has 1 saturated heterocycles. The highest BCUT2D eigenvalue weighted by molar-refractivity contribution is 5.94. The Morgan fingerprint density at radius 2 is 0.535 bits per heavy atom. The lowest BCUT2D eigenvalue weighted by molar-refractivity contribution is 0.122. The van der Waals surface area contributed by atoms with E-state index in [0.717, 1.165) is 195 Å². The smallest absolute Gasteiger partial charge is 0.183 e. The van der Waals surface area contributed by atoms with E-state index < -0.39 is 17.5 Å². The van der Waals surface area contributed by atoms with Crippen LogP contribution in [0.2, 0.25) is 0 Å². The maximum Gasteiger partial charge on any atom is 0.183 e. The minimum Gasteiger partial charge on any atom is -0.378 e. The summed E-state index contributed by atoms with van der Waals surface area (Å²) in [6.07, 6.45) is 33.5. The van der Waals surface area contributed by atoms with Crippen molar-refractivity contribution in [3.05, 3.63) is 226 Å². The van der Waals surface area contributed by atoms with Crippen LogP contribution in [0.4, 0.5) is 102 Å². The molecule has 18 aromatic rings. The summed E-state index contributed by atoms with van der Waals surface area (Å²) in [5.74, 6) is 14.5. The molecule has 7 fully saturated rings. The van der Waals surface area contributed by atoms with Gasteiger partial charge in [0, 0.05) is 135 Å². The Kier molecular flexibility index (Phi) is 29.3. The van der Waals surface area contributed by atoms with Crippen molar-refractivity contribution in [2.45, 2.75) is 231 Å². The summed E-state index contributed by atoms with van der Waals surface area (Å²) in [4.78, 5) is 69.8. The molecule has 7 aliphatic rings. The van der Waals surface area contributed by atoms with Crippen LogP contribution in [-0.4, -0.2) is 162 Å². The van der Waals surface area contributed by atoms with E-state index in [2.05, 4.69) is 158 Å². The highest BCUT2D eigenvalue weighted by atomic mass is 19.1. The molecule has 144 heavy (non-hydrogen) atoms. The molecule has 0 spiro atoms. The summed E-state index contributed by atoms with van der Waals surface area (Å²) >= 11 is 0. The number of halogens is 6. The first-order chi connectivity index (χ1) is 70.2. The van der Waals surface area contributed by atoms with Crippen molar-refractivity contribution in [1.29, 1.82) is 0 Å². The fourth-order valence-electron chi connectivity index (χ4n) is 19.2. The number of rotatable bonds is 19. The lowest BCUT2D eigenvalue weighted by Crippen LogP contribution is -2.37. The van der Waals surface area contributed by atoms with Crippen LogP contribution in [0.5, 0.6) is 0 Å². The molecule has 41 heteroatoms. The van der Waals surface area contributed by atoms with Crippen molar-refractivity contribution in [1.82, 2.24) is 136 Å². The number of benzene rings is 3. The molecule has 0 unspecified atom stereocenters. The molecule has 12 N–H and O–H groups in total. The molecular weight excluding hydrogens is 1840 g/mol. The van der Waals surface area contributed by atoms with Gasteiger partial charge in [-0.1, -0.05) is 83.5 Å². The summed E-state index contributed by atoms with van der Waals surface area (Å²) in [6.45, 7) is 12.8. The zero-order valence-corrected chi connectivity index (χ0v) is 80.6. The zero-order chi connectivity index (χ0) is 98.7. The van der Waals surface area contributed by atoms with Crippen molar-refractivity contribution < 1.29 is 36.8 Å². The van der Waals surface area contributed by atoms with E-state index >= 15 is 0 Å². The molecule has 0 bridgehead atoms. The van der Waals surface area contributed by atoms with E-state index in [1.165, 1.54) is 138 Å². The number of anilines is 13. The average molecular weight is 1960 g/mol. The van der Waals surface area contributed by atoms with Crippen LogP contribution in [0.15, 0.2) is 128 Å². The Hall–Kier alpha value is -15.5. The van der Waals surface area contributed by atoms with Gasteiger partial charge in [0.1, 0.15) is 128 Å². The first kappa shape index (κ1) is 96.1. The fourth-order valence-corrected chi connectivity index (χ4v) is 19.2. The molecule has 750 valence electrons.